The van der Waals surface area contributed by atoms with Crippen molar-refractivity contribution in [1.82, 2.24) is 5.32 Å². The van der Waals surface area contributed by atoms with Gasteiger partial charge in [-0.3, -0.25) is 4.99 Å². The largest absolute Gasteiger partial charge is 0.370 e. The SMILES string of the molecule is CCN=C(N)Nc1cccc(CNCCc2ccccc2)c1. The summed E-state index contributed by atoms with van der Waals surface area (Å²) in [6, 6.07) is 18.7. The van der Waals surface area contributed by atoms with Gasteiger partial charge in [-0.1, -0.05) is 42.5 Å². The molecule has 22 heavy (non-hydrogen) atoms. The van der Waals surface area contributed by atoms with Gasteiger partial charge in [0.15, 0.2) is 5.96 Å². The maximum Gasteiger partial charge on any atom is 0.193 e. The topological polar surface area (TPSA) is 62.4 Å². The Kier molecular flexibility index (Phi) is 6.45. The summed E-state index contributed by atoms with van der Waals surface area (Å²) in [4.78, 5) is 4.13. The first-order valence-corrected chi connectivity index (χ1v) is 7.68. The van der Waals surface area contributed by atoms with Crippen LogP contribution in [-0.4, -0.2) is 19.0 Å². The Morgan fingerprint density at radius 3 is 2.59 bits per heavy atom. The van der Waals surface area contributed by atoms with E-state index in [0.717, 1.165) is 25.2 Å². The second-order valence-electron chi connectivity index (χ2n) is 5.10. The number of anilines is 1. The number of hydrogen-bond donors (Lipinski definition) is 3. The van der Waals surface area contributed by atoms with Gasteiger partial charge in [-0.2, -0.15) is 0 Å². The number of aliphatic imine (C=N–C) groups is 1. The molecule has 0 saturated carbocycles. The summed E-state index contributed by atoms with van der Waals surface area (Å²) in [7, 11) is 0. The number of benzene rings is 2. The van der Waals surface area contributed by atoms with Crippen LogP contribution in [0, 0.1) is 0 Å². The molecule has 4 heteroatoms. The first kappa shape index (κ1) is 16.0. The number of nitrogens with one attached hydrogen (secondary N) is 2. The molecule has 2 aromatic carbocycles. The fourth-order valence-corrected chi connectivity index (χ4v) is 2.23. The van der Waals surface area contributed by atoms with Crippen molar-refractivity contribution < 1.29 is 0 Å². The van der Waals surface area contributed by atoms with Crippen LogP contribution in [0.1, 0.15) is 18.1 Å². The summed E-state index contributed by atoms with van der Waals surface area (Å²) in [5, 5.41) is 6.57. The minimum atomic E-state index is 0.455. The molecule has 0 spiro atoms. The van der Waals surface area contributed by atoms with Gasteiger partial charge in [0.2, 0.25) is 0 Å². The number of nitrogens with two attached hydrogens (primary N) is 1. The molecule has 0 aliphatic carbocycles. The van der Waals surface area contributed by atoms with E-state index in [9.17, 15) is 0 Å². The molecule has 2 rings (SSSR count). The summed E-state index contributed by atoms with van der Waals surface area (Å²) in [6.45, 7) is 4.44. The van der Waals surface area contributed by atoms with Crippen LogP contribution < -0.4 is 16.4 Å². The number of nitrogens with zero attached hydrogens (tertiary/aromatic N) is 1. The van der Waals surface area contributed by atoms with Crippen LogP contribution in [0.4, 0.5) is 5.69 Å². The minimum Gasteiger partial charge on any atom is -0.370 e. The molecule has 4 nitrogen and oxygen atoms in total. The molecule has 116 valence electrons. The van der Waals surface area contributed by atoms with E-state index in [2.05, 4.69) is 52.0 Å². The fraction of sp³-hybridized carbons (Fsp3) is 0.278. The van der Waals surface area contributed by atoms with Gasteiger partial charge in [0, 0.05) is 18.8 Å². The third-order valence-electron chi connectivity index (χ3n) is 3.29. The lowest BCUT2D eigenvalue weighted by atomic mass is 10.1. The predicted molar refractivity (Wildman–Crippen MR) is 94.1 cm³/mol. The van der Waals surface area contributed by atoms with E-state index in [-0.39, 0.29) is 0 Å². The molecule has 0 aromatic heterocycles. The summed E-state index contributed by atoms with van der Waals surface area (Å²) in [6.07, 6.45) is 1.04. The molecule has 0 unspecified atom stereocenters. The average molecular weight is 296 g/mol. The molecule has 0 bridgehead atoms. The molecular formula is C18H24N4. The molecule has 0 heterocycles. The van der Waals surface area contributed by atoms with Gasteiger partial charge in [0.25, 0.3) is 0 Å². The minimum absolute atomic E-state index is 0.455. The van der Waals surface area contributed by atoms with Crippen LogP contribution >= 0.6 is 0 Å². The highest BCUT2D eigenvalue weighted by Crippen LogP contribution is 2.10. The average Bonchev–Trinajstić information content (AvgIpc) is 2.53. The van der Waals surface area contributed by atoms with Gasteiger partial charge in [-0.05, 0) is 43.1 Å². The van der Waals surface area contributed by atoms with Crippen LogP contribution in [0.15, 0.2) is 59.6 Å². The first-order valence-electron chi connectivity index (χ1n) is 7.68. The van der Waals surface area contributed by atoms with Crippen molar-refractivity contribution in [2.45, 2.75) is 19.9 Å². The molecule has 0 aliphatic rings. The molecule has 0 amide bonds. The van der Waals surface area contributed by atoms with Gasteiger partial charge < -0.3 is 16.4 Å². The Labute approximate surface area is 132 Å². The lowest BCUT2D eigenvalue weighted by molar-refractivity contribution is 0.687. The standard InChI is InChI=1S/C18H24N4/c1-2-21-18(19)22-17-10-6-9-16(13-17)14-20-12-11-15-7-4-3-5-8-15/h3-10,13,20H,2,11-12,14H2,1H3,(H3,19,21,22). The van der Waals surface area contributed by atoms with Crippen molar-refractivity contribution in [2.24, 2.45) is 10.7 Å². The fourth-order valence-electron chi connectivity index (χ4n) is 2.23. The second-order valence-corrected chi connectivity index (χ2v) is 5.10. The quantitative estimate of drug-likeness (QED) is 0.418. The predicted octanol–water partition coefficient (Wildman–Crippen LogP) is 2.77. The van der Waals surface area contributed by atoms with Crippen LogP contribution in [0.3, 0.4) is 0 Å². The molecule has 0 atom stereocenters. The zero-order chi connectivity index (χ0) is 15.6. The third-order valence-corrected chi connectivity index (χ3v) is 3.29. The van der Waals surface area contributed by atoms with Gasteiger partial charge in [-0.15, -0.1) is 0 Å². The highest BCUT2D eigenvalue weighted by molar-refractivity contribution is 5.92. The summed E-state index contributed by atoms with van der Waals surface area (Å²) in [5.74, 6) is 0.455. The molecule has 0 aliphatic heterocycles. The maximum absolute atomic E-state index is 5.78. The summed E-state index contributed by atoms with van der Waals surface area (Å²) in [5.41, 5.74) is 9.33. The van der Waals surface area contributed by atoms with Crippen molar-refractivity contribution in [3.05, 3.63) is 65.7 Å². The lowest BCUT2D eigenvalue weighted by Gasteiger charge is -2.09. The van der Waals surface area contributed by atoms with Gasteiger partial charge in [-0.25, -0.2) is 0 Å². The number of guanidine groups is 1. The van der Waals surface area contributed by atoms with Gasteiger partial charge in [0.05, 0.1) is 0 Å². The Hall–Kier alpha value is -2.33. The van der Waals surface area contributed by atoms with E-state index in [4.69, 9.17) is 5.73 Å². The third kappa shape index (κ3) is 5.58. The van der Waals surface area contributed by atoms with Gasteiger partial charge in [0.1, 0.15) is 0 Å². The van der Waals surface area contributed by atoms with E-state index < -0.39 is 0 Å². The zero-order valence-corrected chi connectivity index (χ0v) is 13.0. The second kappa shape index (κ2) is 8.85. The highest BCUT2D eigenvalue weighted by Gasteiger charge is 1.98. The molecule has 0 radical (unpaired) electrons. The van der Waals surface area contributed by atoms with Crippen molar-refractivity contribution in [1.29, 1.82) is 0 Å². The Morgan fingerprint density at radius 1 is 1.05 bits per heavy atom. The van der Waals surface area contributed by atoms with E-state index >= 15 is 0 Å². The molecule has 0 saturated heterocycles. The van der Waals surface area contributed by atoms with E-state index in [1.807, 2.05) is 25.1 Å². The van der Waals surface area contributed by atoms with Crippen LogP contribution in [0.25, 0.3) is 0 Å². The maximum atomic E-state index is 5.78. The molecular weight excluding hydrogens is 272 g/mol. The van der Waals surface area contributed by atoms with Crippen LogP contribution in [-0.2, 0) is 13.0 Å². The van der Waals surface area contributed by atoms with Crippen molar-refractivity contribution in [3.8, 4) is 0 Å². The van der Waals surface area contributed by atoms with E-state index in [0.29, 0.717) is 12.5 Å². The van der Waals surface area contributed by atoms with Crippen molar-refractivity contribution in [2.75, 3.05) is 18.4 Å². The van der Waals surface area contributed by atoms with E-state index in [1.165, 1.54) is 11.1 Å². The molecule has 4 N–H and O–H groups in total. The van der Waals surface area contributed by atoms with Crippen LogP contribution in [0.5, 0.6) is 0 Å². The monoisotopic (exact) mass is 296 g/mol. The summed E-state index contributed by atoms with van der Waals surface area (Å²) >= 11 is 0. The van der Waals surface area contributed by atoms with Crippen LogP contribution in [0.2, 0.25) is 0 Å². The summed E-state index contributed by atoms with van der Waals surface area (Å²) < 4.78 is 0. The Bertz CT molecular complexity index is 593. The van der Waals surface area contributed by atoms with Crippen molar-refractivity contribution >= 4 is 11.6 Å². The highest BCUT2D eigenvalue weighted by atomic mass is 15.1. The zero-order valence-electron chi connectivity index (χ0n) is 13.0. The van der Waals surface area contributed by atoms with Gasteiger partial charge >= 0.3 is 0 Å². The molecule has 0 fully saturated rings. The first-order chi connectivity index (χ1) is 10.8. The van der Waals surface area contributed by atoms with E-state index in [1.54, 1.807) is 0 Å². The lowest BCUT2D eigenvalue weighted by Crippen LogP contribution is -2.23. The smallest absolute Gasteiger partial charge is 0.193 e. The number of hydrogen-bond acceptors (Lipinski definition) is 2. The Balaban J connectivity index is 1.79. The molecule has 2 aromatic rings. The van der Waals surface area contributed by atoms with Crippen molar-refractivity contribution in [3.63, 3.8) is 0 Å². The number of rotatable bonds is 7. The normalized spacial score (nSPS) is 11.4. The Morgan fingerprint density at radius 2 is 1.82 bits per heavy atom.